The maximum absolute atomic E-state index is 11.0. The summed E-state index contributed by atoms with van der Waals surface area (Å²) in [5.41, 5.74) is 3.07. The van der Waals surface area contributed by atoms with Crippen molar-refractivity contribution < 1.29 is 28.8 Å². The monoisotopic (exact) mass is 542 g/mol. The Hall–Kier alpha value is -2.10. The van der Waals surface area contributed by atoms with Crippen LogP contribution in [0.4, 0.5) is 0 Å². The fourth-order valence-electron chi connectivity index (χ4n) is 4.02. The molecule has 1 aliphatic heterocycles. The van der Waals surface area contributed by atoms with Crippen LogP contribution in [0, 0.1) is 0 Å². The van der Waals surface area contributed by atoms with Crippen molar-refractivity contribution in [2.75, 3.05) is 13.7 Å². The first kappa shape index (κ1) is 26.0. The van der Waals surface area contributed by atoms with Gasteiger partial charge in [-0.25, -0.2) is 0 Å². The van der Waals surface area contributed by atoms with Crippen LogP contribution in [-0.2, 0) is 43.5 Å². The summed E-state index contributed by atoms with van der Waals surface area (Å²) in [5.74, 6) is 0. The molecule has 4 rings (SSSR count). The Labute approximate surface area is 214 Å². The summed E-state index contributed by atoms with van der Waals surface area (Å²) in [4.78, 5) is 0. The molecule has 7 heteroatoms. The lowest BCUT2D eigenvalue weighted by Crippen LogP contribution is -2.60. The summed E-state index contributed by atoms with van der Waals surface area (Å²) >= 11 is 3.45. The number of methoxy groups -OCH3 is 1. The molecule has 1 N–H and O–H groups in total. The molecule has 6 nitrogen and oxygen atoms in total. The third-order valence-electron chi connectivity index (χ3n) is 5.88. The van der Waals surface area contributed by atoms with E-state index in [1.165, 1.54) is 7.11 Å². The van der Waals surface area contributed by atoms with Gasteiger partial charge in [-0.2, -0.15) is 0 Å². The van der Waals surface area contributed by atoms with E-state index in [-0.39, 0.29) is 6.61 Å². The van der Waals surface area contributed by atoms with Crippen molar-refractivity contribution in [1.82, 2.24) is 0 Å². The number of benzene rings is 3. The molecule has 0 radical (unpaired) electrons. The zero-order valence-corrected chi connectivity index (χ0v) is 21.3. The first-order chi connectivity index (χ1) is 17.1. The van der Waals surface area contributed by atoms with E-state index in [1.54, 1.807) is 0 Å². The van der Waals surface area contributed by atoms with Crippen LogP contribution in [0.15, 0.2) is 89.4 Å². The minimum atomic E-state index is -1.02. The second kappa shape index (κ2) is 13.3. The van der Waals surface area contributed by atoms with Gasteiger partial charge < -0.3 is 28.8 Å². The highest BCUT2D eigenvalue weighted by Crippen LogP contribution is 2.28. The summed E-state index contributed by atoms with van der Waals surface area (Å²) in [6, 6.07) is 27.7. The number of rotatable bonds is 11. The first-order valence-electron chi connectivity index (χ1n) is 11.6. The molecular weight excluding hydrogens is 512 g/mol. The summed E-state index contributed by atoms with van der Waals surface area (Å²) in [6.07, 6.45) is -3.60. The van der Waals surface area contributed by atoms with Crippen molar-refractivity contribution in [3.05, 3.63) is 106 Å². The molecule has 5 atom stereocenters. The molecule has 3 aromatic carbocycles. The Bertz CT molecular complexity index is 1000. The molecule has 186 valence electrons. The predicted molar refractivity (Wildman–Crippen MR) is 136 cm³/mol. The van der Waals surface area contributed by atoms with Crippen molar-refractivity contribution in [1.29, 1.82) is 0 Å². The van der Waals surface area contributed by atoms with Crippen LogP contribution >= 0.6 is 15.9 Å². The quantitative estimate of drug-likeness (QED) is 0.373. The van der Waals surface area contributed by atoms with E-state index in [2.05, 4.69) is 15.9 Å². The summed E-state index contributed by atoms with van der Waals surface area (Å²) in [7, 11) is 1.51. The molecule has 0 amide bonds. The second-order valence-corrected chi connectivity index (χ2v) is 9.35. The molecule has 1 unspecified atom stereocenters. The van der Waals surface area contributed by atoms with Crippen LogP contribution in [0.2, 0.25) is 0 Å². The van der Waals surface area contributed by atoms with Gasteiger partial charge in [-0.15, -0.1) is 0 Å². The van der Waals surface area contributed by atoms with Gasteiger partial charge in [-0.1, -0.05) is 88.7 Å². The van der Waals surface area contributed by atoms with Gasteiger partial charge >= 0.3 is 0 Å². The lowest BCUT2D eigenvalue weighted by molar-refractivity contribution is -0.313. The fraction of sp³-hybridized carbons (Fsp3) is 0.357. The van der Waals surface area contributed by atoms with Crippen molar-refractivity contribution in [3.8, 4) is 0 Å². The zero-order valence-electron chi connectivity index (χ0n) is 19.7. The summed E-state index contributed by atoms with van der Waals surface area (Å²) in [5, 5.41) is 11.0. The molecule has 0 saturated carbocycles. The standard InChI is InChI=1S/C28H31BrO6/c1-31-28-25(30)27(34-18-21-10-6-3-7-11-21)26(33-17-20-8-4-2-5-9-20)24(35-28)19-32-16-22-12-14-23(29)15-13-22/h2-15,24-28,30H,16-19H2,1H3/t24-,25-,26-,27-,28?/m1/s1. The number of hydrogen-bond acceptors (Lipinski definition) is 6. The Morgan fingerprint density at radius 2 is 1.29 bits per heavy atom. The zero-order chi connectivity index (χ0) is 24.5. The lowest BCUT2D eigenvalue weighted by atomic mass is 9.98. The van der Waals surface area contributed by atoms with E-state index in [1.807, 2.05) is 84.9 Å². The average molecular weight is 543 g/mol. The van der Waals surface area contributed by atoms with Gasteiger partial charge in [-0.05, 0) is 28.8 Å². The Kier molecular flexibility index (Phi) is 9.85. The lowest BCUT2D eigenvalue weighted by Gasteiger charge is -2.43. The Morgan fingerprint density at radius 1 is 0.743 bits per heavy atom. The molecule has 0 aromatic heterocycles. The maximum atomic E-state index is 11.0. The largest absolute Gasteiger partial charge is 0.385 e. The number of ether oxygens (including phenoxy) is 5. The van der Waals surface area contributed by atoms with Crippen LogP contribution in [0.3, 0.4) is 0 Å². The molecule has 1 fully saturated rings. The summed E-state index contributed by atoms with van der Waals surface area (Å²) in [6.45, 7) is 1.37. The van der Waals surface area contributed by atoms with Gasteiger partial charge in [0, 0.05) is 11.6 Å². The fourth-order valence-corrected chi connectivity index (χ4v) is 4.29. The third-order valence-corrected chi connectivity index (χ3v) is 6.41. The van der Waals surface area contributed by atoms with E-state index in [0.29, 0.717) is 19.8 Å². The van der Waals surface area contributed by atoms with E-state index in [9.17, 15) is 5.11 Å². The van der Waals surface area contributed by atoms with Crippen molar-refractivity contribution in [2.45, 2.75) is 50.5 Å². The number of halogens is 1. The number of aliphatic hydroxyl groups excluding tert-OH is 1. The average Bonchev–Trinajstić information content (AvgIpc) is 2.90. The Morgan fingerprint density at radius 3 is 1.86 bits per heavy atom. The van der Waals surface area contributed by atoms with Crippen LogP contribution in [0.5, 0.6) is 0 Å². The van der Waals surface area contributed by atoms with Gasteiger partial charge in [0.2, 0.25) is 0 Å². The number of aliphatic hydroxyl groups is 1. The molecule has 3 aromatic rings. The van der Waals surface area contributed by atoms with Crippen LogP contribution < -0.4 is 0 Å². The minimum Gasteiger partial charge on any atom is -0.385 e. The summed E-state index contributed by atoms with van der Waals surface area (Å²) < 4.78 is 31.1. The van der Waals surface area contributed by atoms with E-state index in [0.717, 1.165) is 21.2 Å². The van der Waals surface area contributed by atoms with Gasteiger partial charge in [0.25, 0.3) is 0 Å². The van der Waals surface area contributed by atoms with Crippen molar-refractivity contribution in [3.63, 3.8) is 0 Å². The van der Waals surface area contributed by atoms with Crippen molar-refractivity contribution in [2.24, 2.45) is 0 Å². The normalized spacial score (nSPS) is 24.4. The maximum Gasteiger partial charge on any atom is 0.186 e. The topological polar surface area (TPSA) is 66.4 Å². The molecule has 35 heavy (non-hydrogen) atoms. The molecule has 1 aliphatic rings. The third kappa shape index (κ3) is 7.44. The molecule has 1 heterocycles. The minimum absolute atomic E-state index is 0.257. The molecule has 0 bridgehead atoms. The smallest absolute Gasteiger partial charge is 0.186 e. The van der Waals surface area contributed by atoms with Crippen LogP contribution in [0.25, 0.3) is 0 Å². The number of hydrogen-bond donors (Lipinski definition) is 1. The van der Waals surface area contributed by atoms with Gasteiger partial charge in [-0.3, -0.25) is 0 Å². The van der Waals surface area contributed by atoms with Gasteiger partial charge in [0.15, 0.2) is 6.29 Å². The second-order valence-electron chi connectivity index (χ2n) is 8.43. The Balaban J connectivity index is 1.48. The highest BCUT2D eigenvalue weighted by molar-refractivity contribution is 9.10. The predicted octanol–water partition coefficient (Wildman–Crippen LogP) is 4.87. The van der Waals surface area contributed by atoms with E-state index >= 15 is 0 Å². The molecule has 0 spiro atoms. The van der Waals surface area contributed by atoms with E-state index < -0.39 is 30.7 Å². The first-order valence-corrected chi connectivity index (χ1v) is 12.4. The molecular formula is C28H31BrO6. The van der Waals surface area contributed by atoms with Gasteiger partial charge in [0.05, 0.1) is 26.4 Å². The van der Waals surface area contributed by atoms with Crippen LogP contribution in [-0.4, -0.2) is 49.5 Å². The SMILES string of the molecule is COC1O[C@H](COCc2ccc(Br)cc2)[C@@H](OCc2ccccc2)[C@H](OCc2ccccc2)[C@H]1O. The highest BCUT2D eigenvalue weighted by atomic mass is 79.9. The van der Waals surface area contributed by atoms with Crippen LogP contribution in [0.1, 0.15) is 16.7 Å². The van der Waals surface area contributed by atoms with Gasteiger partial charge in [0.1, 0.15) is 24.4 Å². The molecule has 0 aliphatic carbocycles. The van der Waals surface area contributed by atoms with E-state index in [4.69, 9.17) is 23.7 Å². The highest BCUT2D eigenvalue weighted by Gasteiger charge is 2.47. The molecule has 1 saturated heterocycles. The van der Waals surface area contributed by atoms with Crippen molar-refractivity contribution >= 4 is 15.9 Å².